The molecule has 0 saturated carbocycles. The van der Waals surface area contributed by atoms with E-state index in [1.807, 2.05) is 13.8 Å². The van der Waals surface area contributed by atoms with E-state index in [1.165, 1.54) is 25.7 Å². The van der Waals surface area contributed by atoms with Crippen LogP contribution in [-0.2, 0) is 12.0 Å². The number of nitrogens with zero attached hydrogens (tertiary/aromatic N) is 2. The molecule has 102 valence electrons. The minimum atomic E-state index is -0.771. The molecule has 1 aliphatic heterocycles. The van der Waals surface area contributed by atoms with Crippen molar-refractivity contribution >= 4 is 16.5 Å². The Labute approximate surface area is 114 Å². The predicted octanol–water partition coefficient (Wildman–Crippen LogP) is 3.31. The lowest BCUT2D eigenvalue weighted by molar-refractivity contribution is 0.0814. The first-order valence-electron chi connectivity index (χ1n) is 7.00. The molecule has 0 amide bonds. The van der Waals surface area contributed by atoms with Crippen molar-refractivity contribution in [3.05, 3.63) is 10.6 Å². The molecule has 1 aliphatic rings. The Hall–Kier alpha value is -0.610. The topological polar surface area (TPSA) is 36.4 Å². The molecule has 0 aromatic carbocycles. The Kier molecular flexibility index (Phi) is 4.28. The lowest BCUT2D eigenvalue weighted by Crippen LogP contribution is -2.23. The third kappa shape index (κ3) is 3.04. The van der Waals surface area contributed by atoms with Crippen molar-refractivity contribution in [1.82, 2.24) is 4.98 Å². The number of thiazole rings is 1. The minimum absolute atomic E-state index is 0.771. The zero-order valence-corrected chi connectivity index (χ0v) is 12.5. The Morgan fingerprint density at radius 2 is 1.83 bits per heavy atom. The third-order valence-corrected chi connectivity index (χ3v) is 4.92. The van der Waals surface area contributed by atoms with Crippen LogP contribution in [0.25, 0.3) is 0 Å². The van der Waals surface area contributed by atoms with E-state index >= 15 is 0 Å². The fourth-order valence-corrected chi connectivity index (χ4v) is 3.66. The fourth-order valence-electron chi connectivity index (χ4n) is 2.45. The molecule has 0 atom stereocenters. The van der Waals surface area contributed by atoms with Crippen LogP contribution in [0.3, 0.4) is 0 Å². The summed E-state index contributed by atoms with van der Waals surface area (Å²) in [4.78, 5) is 8.17. The smallest absolute Gasteiger partial charge is 0.185 e. The molecule has 0 spiro atoms. The Morgan fingerprint density at radius 3 is 2.28 bits per heavy atom. The van der Waals surface area contributed by atoms with Crippen LogP contribution in [0.15, 0.2) is 0 Å². The fraction of sp³-hybridized carbons (Fsp3) is 0.786. The van der Waals surface area contributed by atoms with Gasteiger partial charge in [-0.05, 0) is 33.1 Å². The molecule has 1 saturated heterocycles. The maximum atomic E-state index is 10.2. The van der Waals surface area contributed by atoms with Crippen molar-refractivity contribution in [2.75, 3.05) is 18.0 Å². The number of hydrogen-bond donors (Lipinski definition) is 1. The van der Waals surface area contributed by atoms with Gasteiger partial charge in [0.25, 0.3) is 0 Å². The molecule has 0 unspecified atom stereocenters. The first-order valence-corrected chi connectivity index (χ1v) is 7.81. The van der Waals surface area contributed by atoms with Gasteiger partial charge in [0.1, 0.15) is 0 Å². The summed E-state index contributed by atoms with van der Waals surface area (Å²) in [6, 6.07) is 0. The largest absolute Gasteiger partial charge is 0.385 e. The van der Waals surface area contributed by atoms with Gasteiger partial charge in [0.2, 0.25) is 0 Å². The first-order chi connectivity index (χ1) is 8.52. The van der Waals surface area contributed by atoms with Crippen molar-refractivity contribution in [2.24, 2.45) is 0 Å². The molecule has 1 N–H and O–H groups in total. The van der Waals surface area contributed by atoms with Crippen molar-refractivity contribution in [3.8, 4) is 0 Å². The zero-order chi connectivity index (χ0) is 13.2. The van der Waals surface area contributed by atoms with Gasteiger partial charge in [0.05, 0.1) is 16.2 Å². The average Bonchev–Trinajstić information content (AvgIpc) is 2.57. The summed E-state index contributed by atoms with van der Waals surface area (Å²) in [6.07, 6.45) is 6.09. The summed E-state index contributed by atoms with van der Waals surface area (Å²) < 4.78 is 0. The van der Waals surface area contributed by atoms with E-state index < -0.39 is 5.60 Å². The van der Waals surface area contributed by atoms with Crippen LogP contribution >= 0.6 is 11.3 Å². The van der Waals surface area contributed by atoms with Crippen LogP contribution in [0.1, 0.15) is 57.0 Å². The molecule has 18 heavy (non-hydrogen) atoms. The van der Waals surface area contributed by atoms with Gasteiger partial charge in [-0.1, -0.05) is 31.1 Å². The highest BCUT2D eigenvalue weighted by Gasteiger charge is 2.25. The third-order valence-electron chi connectivity index (χ3n) is 3.45. The number of aromatic nitrogens is 1. The first kappa shape index (κ1) is 13.8. The molecule has 1 fully saturated rings. The lowest BCUT2D eigenvalue weighted by Gasteiger charge is -2.19. The van der Waals surface area contributed by atoms with Crippen LogP contribution in [0.4, 0.5) is 5.13 Å². The maximum Gasteiger partial charge on any atom is 0.185 e. The molecule has 2 rings (SSSR count). The van der Waals surface area contributed by atoms with Crippen LogP contribution in [0, 0.1) is 0 Å². The highest BCUT2D eigenvalue weighted by Crippen LogP contribution is 2.35. The quantitative estimate of drug-likeness (QED) is 0.913. The van der Waals surface area contributed by atoms with Gasteiger partial charge in [0.15, 0.2) is 5.13 Å². The van der Waals surface area contributed by atoms with E-state index in [0.29, 0.717) is 0 Å². The summed E-state index contributed by atoms with van der Waals surface area (Å²) in [5.41, 5.74) is 0.291. The van der Waals surface area contributed by atoms with Gasteiger partial charge < -0.3 is 10.0 Å². The van der Waals surface area contributed by atoms with E-state index in [0.717, 1.165) is 35.2 Å². The van der Waals surface area contributed by atoms with Crippen molar-refractivity contribution < 1.29 is 5.11 Å². The van der Waals surface area contributed by atoms with Crippen molar-refractivity contribution in [2.45, 2.75) is 58.5 Å². The molecule has 1 aromatic heterocycles. The molecular weight excluding hydrogens is 244 g/mol. The second-order valence-electron chi connectivity index (χ2n) is 5.59. The predicted molar refractivity (Wildman–Crippen MR) is 77.4 cm³/mol. The number of anilines is 1. The molecule has 4 heteroatoms. The minimum Gasteiger partial charge on any atom is -0.385 e. The standard InChI is InChI=1S/C14H24N2OS/c1-4-11-12(14(2,3)17)18-13(15-11)16-9-7-5-6-8-10-16/h17H,4-10H2,1-3H3. The van der Waals surface area contributed by atoms with E-state index in [1.54, 1.807) is 11.3 Å². The molecule has 2 heterocycles. The zero-order valence-electron chi connectivity index (χ0n) is 11.7. The van der Waals surface area contributed by atoms with E-state index in [9.17, 15) is 5.11 Å². The monoisotopic (exact) mass is 268 g/mol. The van der Waals surface area contributed by atoms with Gasteiger partial charge in [-0.2, -0.15) is 0 Å². The van der Waals surface area contributed by atoms with Gasteiger partial charge in [0, 0.05) is 13.1 Å². The molecule has 3 nitrogen and oxygen atoms in total. The number of rotatable bonds is 3. The number of hydrogen-bond acceptors (Lipinski definition) is 4. The van der Waals surface area contributed by atoms with Crippen LogP contribution in [0.2, 0.25) is 0 Å². The summed E-state index contributed by atoms with van der Waals surface area (Å²) in [6.45, 7) is 8.04. The Morgan fingerprint density at radius 1 is 1.22 bits per heavy atom. The number of aliphatic hydroxyl groups is 1. The van der Waals surface area contributed by atoms with E-state index in [2.05, 4.69) is 11.8 Å². The highest BCUT2D eigenvalue weighted by atomic mass is 32.1. The van der Waals surface area contributed by atoms with Gasteiger partial charge in [-0.3, -0.25) is 0 Å². The Bertz CT molecular complexity index is 387. The van der Waals surface area contributed by atoms with Gasteiger partial charge in [-0.25, -0.2) is 4.98 Å². The van der Waals surface area contributed by atoms with Crippen LogP contribution in [-0.4, -0.2) is 23.2 Å². The molecular formula is C14H24N2OS. The van der Waals surface area contributed by atoms with E-state index in [4.69, 9.17) is 4.98 Å². The van der Waals surface area contributed by atoms with Crippen molar-refractivity contribution in [1.29, 1.82) is 0 Å². The SMILES string of the molecule is CCc1nc(N2CCCCCC2)sc1C(C)(C)O. The molecule has 0 radical (unpaired) electrons. The molecule has 0 aliphatic carbocycles. The van der Waals surface area contributed by atoms with Crippen LogP contribution in [0.5, 0.6) is 0 Å². The Balaban J connectivity index is 2.25. The highest BCUT2D eigenvalue weighted by molar-refractivity contribution is 7.15. The lowest BCUT2D eigenvalue weighted by atomic mass is 10.1. The molecule has 1 aromatic rings. The van der Waals surface area contributed by atoms with Gasteiger partial charge >= 0.3 is 0 Å². The van der Waals surface area contributed by atoms with E-state index in [-0.39, 0.29) is 0 Å². The summed E-state index contributed by atoms with van der Waals surface area (Å²) in [7, 11) is 0. The summed E-state index contributed by atoms with van der Waals surface area (Å²) >= 11 is 1.67. The normalized spacial score (nSPS) is 17.9. The summed E-state index contributed by atoms with van der Waals surface area (Å²) in [5.74, 6) is 0. The van der Waals surface area contributed by atoms with Gasteiger partial charge in [-0.15, -0.1) is 0 Å². The second kappa shape index (κ2) is 5.57. The summed E-state index contributed by atoms with van der Waals surface area (Å²) in [5, 5.41) is 11.3. The van der Waals surface area contributed by atoms with Crippen LogP contribution < -0.4 is 4.90 Å². The van der Waals surface area contributed by atoms with Crippen molar-refractivity contribution in [3.63, 3.8) is 0 Å². The maximum absolute atomic E-state index is 10.2. The average molecular weight is 268 g/mol. The second-order valence-corrected chi connectivity index (χ2v) is 6.56. The molecule has 0 bridgehead atoms. The number of aryl methyl sites for hydroxylation is 1.